The van der Waals surface area contributed by atoms with Crippen molar-refractivity contribution >= 4 is 5.91 Å². The second-order valence-electron chi connectivity index (χ2n) is 5.53. The normalized spacial score (nSPS) is 26.2. The van der Waals surface area contributed by atoms with Crippen LogP contribution in [-0.2, 0) is 20.7 Å². The number of nitrogens with zero attached hydrogens (tertiary/aromatic N) is 3. The van der Waals surface area contributed by atoms with Crippen LogP contribution in [0.1, 0.15) is 43.9 Å². The lowest BCUT2D eigenvalue weighted by Crippen LogP contribution is -2.43. The van der Waals surface area contributed by atoms with Crippen molar-refractivity contribution in [3.63, 3.8) is 0 Å². The summed E-state index contributed by atoms with van der Waals surface area (Å²) in [7, 11) is 0. The maximum Gasteiger partial charge on any atom is 0.225 e. The largest absolute Gasteiger partial charge is 0.378 e. The lowest BCUT2D eigenvalue weighted by Gasteiger charge is -2.32. The maximum absolute atomic E-state index is 12.3. The first-order chi connectivity index (χ1) is 10.3. The number of carbonyl (C=O) groups excluding carboxylic acids is 1. The average molecular weight is 294 g/mol. The quantitative estimate of drug-likeness (QED) is 0.890. The van der Waals surface area contributed by atoms with Gasteiger partial charge in [0.15, 0.2) is 5.82 Å². The first-order valence-corrected chi connectivity index (χ1v) is 7.68. The molecule has 0 spiro atoms. The van der Waals surface area contributed by atoms with Gasteiger partial charge in [0.1, 0.15) is 11.9 Å². The Bertz CT molecular complexity index is 484. The topological polar surface area (TPSA) is 80.3 Å². The van der Waals surface area contributed by atoms with Crippen molar-refractivity contribution in [1.82, 2.24) is 20.1 Å². The molecule has 2 aliphatic rings. The minimum absolute atomic E-state index is 0.0917. The molecular formula is C14H22N4O3. The van der Waals surface area contributed by atoms with Crippen molar-refractivity contribution in [3.05, 3.63) is 11.6 Å². The molecule has 2 fully saturated rings. The Morgan fingerprint density at radius 1 is 1.43 bits per heavy atom. The molecule has 21 heavy (non-hydrogen) atoms. The molecule has 116 valence electrons. The van der Waals surface area contributed by atoms with E-state index in [0.717, 1.165) is 31.7 Å². The van der Waals surface area contributed by atoms with Crippen molar-refractivity contribution in [2.45, 2.75) is 44.8 Å². The highest BCUT2D eigenvalue weighted by Gasteiger charge is 2.30. The van der Waals surface area contributed by atoms with Crippen LogP contribution in [0.15, 0.2) is 0 Å². The fourth-order valence-corrected chi connectivity index (χ4v) is 2.77. The van der Waals surface area contributed by atoms with E-state index in [1.54, 1.807) is 0 Å². The lowest BCUT2D eigenvalue weighted by molar-refractivity contribution is -0.141. The number of amides is 1. The van der Waals surface area contributed by atoms with Crippen LogP contribution < -0.4 is 0 Å². The van der Waals surface area contributed by atoms with Gasteiger partial charge < -0.3 is 14.4 Å². The van der Waals surface area contributed by atoms with Gasteiger partial charge in [-0.2, -0.15) is 5.10 Å². The highest BCUT2D eigenvalue weighted by Crippen LogP contribution is 2.22. The fraction of sp³-hybridized carbons (Fsp3) is 0.786. The molecule has 2 atom stereocenters. The van der Waals surface area contributed by atoms with Crippen LogP contribution in [0, 0.1) is 0 Å². The predicted octanol–water partition coefficient (Wildman–Crippen LogP) is 0.836. The van der Waals surface area contributed by atoms with Crippen molar-refractivity contribution in [2.24, 2.45) is 0 Å². The van der Waals surface area contributed by atoms with E-state index in [1.165, 1.54) is 0 Å². The van der Waals surface area contributed by atoms with Crippen molar-refractivity contribution in [1.29, 1.82) is 0 Å². The fourth-order valence-electron chi connectivity index (χ4n) is 2.77. The molecule has 0 radical (unpaired) electrons. The molecule has 1 aromatic heterocycles. The number of aryl methyl sites for hydroxylation is 1. The van der Waals surface area contributed by atoms with Crippen LogP contribution in [0.3, 0.4) is 0 Å². The zero-order valence-corrected chi connectivity index (χ0v) is 12.4. The number of morpholine rings is 1. The standard InChI is InChI=1S/C14H22N4O3/c1-2-12-15-14(17-16-12)11-9-18(5-7-21-11)13(19)8-10-4-3-6-20-10/h10-11H,2-9H2,1H3,(H,15,16,17)/t10-,11-/m0/s1. The second-order valence-corrected chi connectivity index (χ2v) is 5.53. The van der Waals surface area contributed by atoms with Crippen LogP contribution in [0.2, 0.25) is 0 Å². The molecule has 0 aromatic carbocycles. The van der Waals surface area contributed by atoms with Gasteiger partial charge in [0.25, 0.3) is 0 Å². The number of rotatable bonds is 4. The minimum Gasteiger partial charge on any atom is -0.378 e. The number of hydrogen-bond donors (Lipinski definition) is 1. The molecule has 0 bridgehead atoms. The van der Waals surface area contributed by atoms with Crippen LogP contribution in [-0.4, -0.2) is 58.4 Å². The zero-order chi connectivity index (χ0) is 14.7. The molecule has 0 saturated carbocycles. The number of carbonyl (C=O) groups is 1. The first-order valence-electron chi connectivity index (χ1n) is 7.68. The highest BCUT2D eigenvalue weighted by molar-refractivity contribution is 5.76. The molecule has 7 nitrogen and oxygen atoms in total. The zero-order valence-electron chi connectivity index (χ0n) is 12.4. The van der Waals surface area contributed by atoms with E-state index in [0.29, 0.717) is 31.9 Å². The summed E-state index contributed by atoms with van der Waals surface area (Å²) in [6, 6.07) is 0. The van der Waals surface area contributed by atoms with E-state index in [4.69, 9.17) is 9.47 Å². The monoisotopic (exact) mass is 294 g/mol. The number of aromatic nitrogens is 3. The van der Waals surface area contributed by atoms with Gasteiger partial charge in [0, 0.05) is 19.6 Å². The molecule has 3 heterocycles. The Morgan fingerprint density at radius 2 is 2.33 bits per heavy atom. The summed E-state index contributed by atoms with van der Waals surface area (Å²) in [5.74, 6) is 1.62. The van der Waals surface area contributed by atoms with E-state index >= 15 is 0 Å². The smallest absolute Gasteiger partial charge is 0.225 e. The van der Waals surface area contributed by atoms with Gasteiger partial charge in [-0.25, -0.2) is 4.98 Å². The predicted molar refractivity (Wildman–Crippen MR) is 74.6 cm³/mol. The third-order valence-corrected chi connectivity index (χ3v) is 4.02. The summed E-state index contributed by atoms with van der Waals surface area (Å²) >= 11 is 0. The summed E-state index contributed by atoms with van der Waals surface area (Å²) in [4.78, 5) is 18.6. The van der Waals surface area contributed by atoms with E-state index in [-0.39, 0.29) is 18.1 Å². The number of H-pyrrole nitrogens is 1. The summed E-state index contributed by atoms with van der Waals surface area (Å²) in [6.45, 7) is 4.47. The SMILES string of the molecule is CCc1nc([C@@H]2CN(C(=O)C[C@@H]3CCCO3)CCO2)n[nH]1. The van der Waals surface area contributed by atoms with Crippen molar-refractivity contribution < 1.29 is 14.3 Å². The van der Waals surface area contributed by atoms with Gasteiger partial charge in [-0.15, -0.1) is 0 Å². The second kappa shape index (κ2) is 6.53. The summed E-state index contributed by atoms with van der Waals surface area (Å²) in [5, 5.41) is 7.07. The Hall–Kier alpha value is -1.47. The van der Waals surface area contributed by atoms with Gasteiger partial charge >= 0.3 is 0 Å². The van der Waals surface area contributed by atoms with Gasteiger partial charge in [-0.05, 0) is 12.8 Å². The number of aromatic amines is 1. The molecule has 2 saturated heterocycles. The van der Waals surface area contributed by atoms with Gasteiger partial charge in [-0.3, -0.25) is 9.89 Å². The summed E-state index contributed by atoms with van der Waals surface area (Å²) in [5.41, 5.74) is 0. The number of hydrogen-bond acceptors (Lipinski definition) is 5. The Morgan fingerprint density at radius 3 is 3.05 bits per heavy atom. The highest BCUT2D eigenvalue weighted by atomic mass is 16.5. The van der Waals surface area contributed by atoms with Gasteiger partial charge in [-0.1, -0.05) is 6.92 Å². The Balaban J connectivity index is 1.58. The summed E-state index contributed by atoms with van der Waals surface area (Å²) < 4.78 is 11.2. The molecule has 7 heteroatoms. The molecular weight excluding hydrogens is 272 g/mol. The molecule has 0 aliphatic carbocycles. The van der Waals surface area contributed by atoms with E-state index in [1.807, 2.05) is 11.8 Å². The minimum atomic E-state index is -0.233. The van der Waals surface area contributed by atoms with Crippen LogP contribution in [0.25, 0.3) is 0 Å². The third kappa shape index (κ3) is 3.41. The summed E-state index contributed by atoms with van der Waals surface area (Å²) in [6.07, 6.45) is 3.18. The molecule has 1 N–H and O–H groups in total. The molecule has 3 rings (SSSR count). The van der Waals surface area contributed by atoms with Gasteiger partial charge in [0.05, 0.1) is 25.7 Å². The van der Waals surface area contributed by atoms with E-state index in [2.05, 4.69) is 15.2 Å². The van der Waals surface area contributed by atoms with E-state index in [9.17, 15) is 4.79 Å². The van der Waals surface area contributed by atoms with Crippen LogP contribution in [0.5, 0.6) is 0 Å². The third-order valence-electron chi connectivity index (χ3n) is 4.02. The number of ether oxygens (including phenoxy) is 2. The maximum atomic E-state index is 12.3. The van der Waals surface area contributed by atoms with E-state index < -0.39 is 0 Å². The molecule has 2 aliphatic heterocycles. The molecule has 0 unspecified atom stereocenters. The van der Waals surface area contributed by atoms with Crippen molar-refractivity contribution in [2.75, 3.05) is 26.3 Å². The Kier molecular flexibility index (Phi) is 4.50. The van der Waals surface area contributed by atoms with Gasteiger partial charge in [0.2, 0.25) is 5.91 Å². The molecule has 1 aromatic rings. The van der Waals surface area contributed by atoms with Crippen LogP contribution in [0.4, 0.5) is 0 Å². The lowest BCUT2D eigenvalue weighted by atomic mass is 10.1. The van der Waals surface area contributed by atoms with Crippen molar-refractivity contribution in [3.8, 4) is 0 Å². The Labute approximate surface area is 124 Å². The number of nitrogens with one attached hydrogen (secondary N) is 1. The molecule has 1 amide bonds. The van der Waals surface area contributed by atoms with Crippen LogP contribution >= 0.6 is 0 Å². The average Bonchev–Trinajstić information content (AvgIpc) is 3.18. The first kappa shape index (κ1) is 14.5.